The highest BCUT2D eigenvalue weighted by Gasteiger charge is 2.53. The molecule has 0 spiro atoms. The number of imidazole rings is 3. The van der Waals surface area contributed by atoms with E-state index in [1.54, 1.807) is 0 Å². The number of hydrogen-bond donors (Lipinski definition) is 16. The lowest BCUT2D eigenvalue weighted by molar-refractivity contribution is -0.745. The fourth-order valence-electron chi connectivity index (χ4n) is 9.23. The molecule has 5 unspecified atom stereocenters. The minimum Gasteiger partial charge on any atom is -0.387 e. The molecule has 9 heterocycles. The zero-order valence-electron chi connectivity index (χ0n) is 43.8. The summed E-state index contributed by atoms with van der Waals surface area (Å²) in [5.41, 5.74) is 17.1. The third-order valence-corrected chi connectivity index (χ3v) is 17.0. The van der Waals surface area contributed by atoms with Crippen LogP contribution < -0.4 is 32.6 Å². The number of nitrogens with two attached hydrogens (primary N) is 3. The van der Waals surface area contributed by atoms with Crippen LogP contribution in [0, 0.1) is 0 Å². The molecule has 0 bridgehead atoms. The maximum Gasteiger partial charge on any atom is 0.472 e. The van der Waals surface area contributed by atoms with Crippen LogP contribution in [-0.4, -0.2) is 212 Å². The third kappa shape index (κ3) is 14.5. The van der Waals surface area contributed by atoms with E-state index in [9.17, 15) is 82.3 Å². The van der Waals surface area contributed by atoms with Gasteiger partial charge in [0.25, 0.3) is 11.5 Å². The topological polar surface area (TPSA) is 637 Å². The molecular formula is C37H55N15O29P5+. The Morgan fingerprint density at radius 1 is 0.721 bits per heavy atom. The summed E-state index contributed by atoms with van der Waals surface area (Å²) in [4.78, 5) is 111. The van der Waals surface area contributed by atoms with Crippen LogP contribution in [0.1, 0.15) is 24.4 Å². The lowest BCUT2D eigenvalue weighted by Crippen LogP contribution is -2.46. The predicted octanol–water partition coefficient (Wildman–Crippen LogP) is -5.15. The number of aromatic nitrogens is 10. The normalized spacial score (nSPS) is 29.1. The number of aromatic amines is 1. The van der Waals surface area contributed by atoms with E-state index >= 15 is 0 Å². The average Bonchev–Trinajstić information content (AvgIpc) is 3.80. The Bertz CT molecular complexity index is 3690. The number of nitrogen functional groups attached to an aromatic ring is 2. The third-order valence-electron chi connectivity index (χ3n) is 13.0. The molecule has 0 aliphatic carbocycles. The standard InChI is InChI=1S/C37H54N15O29P5/c1-13-19-30(46-36(39)45-13)51(10-43-19)33-24(55)22(53)17(76-33)7-75-86(68,69)81-26-18(78-35(27(26)70-3)50-11-44-20-28(38)41-9-42-29(20)50)8-74-85(66,67)72-5-15(80-83(61,62)63)14(79-82(58,59)60)4-71-84(64,65)73-6-16-23(54)25(56)34(77-16)52-12-49(2)21-31(52)47-37(40)48-32(21)57/h9-12,14-18,22-27,33-35,53-56H,1,4-8H2,2-3H3,(H14-,38,39,40,41,42,45,46,47,48,57,58,59,60,61,62,63,64,65,66,67,68,69)/p+1/t14?,15?,16-,17-,18-,22-,23-,24-,25-,26-,27-,33-,34-,35-/m1/s1. The van der Waals surface area contributed by atoms with Gasteiger partial charge in [-0.3, -0.25) is 59.7 Å². The summed E-state index contributed by atoms with van der Waals surface area (Å²) in [6, 6.07) is 0. The number of anilines is 2. The number of fused-ring (bicyclic) bond motifs is 3. The van der Waals surface area contributed by atoms with E-state index < -0.39 is 164 Å². The van der Waals surface area contributed by atoms with Gasteiger partial charge in [0.05, 0.1) is 58.4 Å². The van der Waals surface area contributed by atoms with Crippen LogP contribution in [0.3, 0.4) is 0 Å². The Balaban J connectivity index is 0.873. The lowest BCUT2D eigenvalue weighted by atomic mass is 10.1. The molecule has 49 heteroatoms. The van der Waals surface area contributed by atoms with Gasteiger partial charge in [-0.2, -0.15) is 4.99 Å². The number of H-pyrrole nitrogens is 1. The molecule has 476 valence electrons. The van der Waals surface area contributed by atoms with E-state index in [1.807, 2.05) is 0 Å². The molecular weight excluding hydrogens is 1270 g/mol. The zero-order chi connectivity index (χ0) is 62.7. The number of aryl methyl sites for hydroxylation is 1. The largest absolute Gasteiger partial charge is 0.472 e. The zero-order valence-corrected chi connectivity index (χ0v) is 48.3. The van der Waals surface area contributed by atoms with Gasteiger partial charge in [0.2, 0.25) is 11.7 Å². The van der Waals surface area contributed by atoms with Crippen molar-refractivity contribution in [1.82, 2.24) is 48.9 Å². The van der Waals surface area contributed by atoms with Gasteiger partial charge in [-0.15, -0.1) is 0 Å². The first kappa shape index (κ1) is 65.4. The van der Waals surface area contributed by atoms with E-state index in [0.717, 1.165) is 24.3 Å². The minimum absolute atomic E-state index is 0.00836. The van der Waals surface area contributed by atoms with Crippen molar-refractivity contribution in [2.24, 2.45) is 17.8 Å². The minimum atomic E-state index is -5.88. The van der Waals surface area contributed by atoms with Gasteiger partial charge in [0.1, 0.15) is 84.7 Å². The van der Waals surface area contributed by atoms with E-state index in [2.05, 4.69) is 55.8 Å². The molecule has 5 aromatic heterocycles. The van der Waals surface area contributed by atoms with Crippen LogP contribution in [0.5, 0.6) is 0 Å². The molecule has 5 aromatic rings. The Kier molecular flexibility index (Phi) is 19.1. The van der Waals surface area contributed by atoms with Crippen molar-refractivity contribution in [2.45, 2.75) is 85.8 Å². The Morgan fingerprint density at radius 2 is 1.29 bits per heavy atom. The molecule has 0 amide bonds. The highest BCUT2D eigenvalue weighted by Crippen LogP contribution is 2.53. The Hall–Kier alpha value is -5.05. The maximum atomic E-state index is 13.8. The molecule has 4 aliphatic rings. The number of nitrogens with one attached hydrogen (secondary N) is 2. The fourth-order valence-corrected chi connectivity index (χ4v) is 12.8. The fraction of sp³-hybridized carbons (Fsp3) is 0.568. The van der Waals surface area contributed by atoms with Gasteiger partial charge >= 0.3 is 44.8 Å². The number of rotatable bonds is 26. The van der Waals surface area contributed by atoms with Gasteiger partial charge < -0.3 is 96.1 Å². The number of hydrogen-bond acceptors (Lipinski definition) is 32. The van der Waals surface area contributed by atoms with Gasteiger partial charge in [0, 0.05) is 7.11 Å². The van der Waals surface area contributed by atoms with Crippen LogP contribution >= 0.6 is 39.1 Å². The van der Waals surface area contributed by atoms with Crippen molar-refractivity contribution in [3.63, 3.8) is 0 Å². The monoisotopic (exact) mass is 1330 g/mol. The van der Waals surface area contributed by atoms with Crippen molar-refractivity contribution in [3.8, 4) is 0 Å². The smallest absolute Gasteiger partial charge is 0.387 e. The highest BCUT2D eigenvalue weighted by atomic mass is 31.2. The van der Waals surface area contributed by atoms with Crippen molar-refractivity contribution >= 4 is 90.7 Å². The van der Waals surface area contributed by atoms with Gasteiger partial charge in [-0.05, 0) is 0 Å². The SMILES string of the molecule is C=C1NC(N)=Nc2c1ncn2[C@@H]1O[C@H](COP(=O)(O)O[C@H]2[C@@H](OC)[C@H](n3cnc4c(N)ncnc43)O[C@@H]2COP(=O)(O)OCC(OP(=O)(O)O)C(COP(=O)(O)OC[C@H]2O[C@@H]([n+]3cn(C)c4c(=O)[nH]c(N)nc43)[C@H](O)[C@@H]2O)OP(=O)(O)O)[C@@H](O)[C@H]1O. The molecule has 86 heavy (non-hydrogen) atoms. The van der Waals surface area contributed by atoms with E-state index in [4.69, 9.17) is 63.3 Å². The molecule has 0 aromatic carbocycles. The molecule has 0 saturated carbocycles. The number of nitrogens with zero attached hydrogens (tertiary/aromatic N) is 10. The second-order valence-corrected chi connectivity index (χ2v) is 25.5. The molecule has 19 N–H and O–H groups in total. The molecule has 44 nitrogen and oxygen atoms in total. The summed E-state index contributed by atoms with van der Waals surface area (Å²) in [7, 11) is -26.0. The molecule has 3 saturated heterocycles. The van der Waals surface area contributed by atoms with Crippen molar-refractivity contribution < 1.29 is 137 Å². The number of phosphoric acid groups is 5. The first-order chi connectivity index (χ1) is 40.1. The number of guanidine groups is 1. The first-order valence-electron chi connectivity index (χ1n) is 24.3. The highest BCUT2D eigenvalue weighted by molar-refractivity contribution is 7.48. The molecule has 4 aliphatic heterocycles. The van der Waals surface area contributed by atoms with Crippen molar-refractivity contribution in [1.29, 1.82) is 0 Å². The van der Waals surface area contributed by atoms with Crippen molar-refractivity contribution in [2.75, 3.05) is 51.6 Å². The van der Waals surface area contributed by atoms with Gasteiger partial charge in [-0.25, -0.2) is 47.3 Å². The van der Waals surface area contributed by atoms with E-state index in [0.29, 0.717) is 0 Å². The Morgan fingerprint density at radius 3 is 1.91 bits per heavy atom. The maximum absolute atomic E-state index is 13.8. The molecule has 17 atom stereocenters. The van der Waals surface area contributed by atoms with Crippen LogP contribution in [0.4, 0.5) is 17.6 Å². The van der Waals surface area contributed by atoms with Crippen LogP contribution in [0.15, 0.2) is 41.7 Å². The quantitative estimate of drug-likeness (QED) is 0.0182. The van der Waals surface area contributed by atoms with Crippen LogP contribution in [-0.2, 0) is 85.0 Å². The number of aliphatic imine (C=N–C) groups is 1. The van der Waals surface area contributed by atoms with Gasteiger partial charge in [-0.1, -0.05) is 11.6 Å². The summed E-state index contributed by atoms with van der Waals surface area (Å²) in [6.07, 6.45) is -20.9. The number of aliphatic hydroxyl groups is 4. The van der Waals surface area contributed by atoms with Crippen LogP contribution in [0.25, 0.3) is 28.0 Å². The summed E-state index contributed by atoms with van der Waals surface area (Å²) >= 11 is 0. The molecule has 3 fully saturated rings. The number of aliphatic hydroxyl groups excluding tert-OH is 4. The summed E-state index contributed by atoms with van der Waals surface area (Å²) < 4.78 is 132. The van der Waals surface area contributed by atoms with Gasteiger partial charge in [0.15, 0.2) is 42.0 Å². The van der Waals surface area contributed by atoms with E-state index in [-0.39, 0.29) is 57.3 Å². The summed E-state index contributed by atoms with van der Waals surface area (Å²) in [6.45, 7) is -2.79. The van der Waals surface area contributed by atoms with Crippen molar-refractivity contribution in [3.05, 3.63) is 47.9 Å². The number of ether oxygens (including phenoxy) is 4. The first-order valence-corrected chi connectivity index (χ1v) is 31.8. The second kappa shape index (κ2) is 25.1. The average molecular weight is 1330 g/mol. The van der Waals surface area contributed by atoms with E-state index in [1.165, 1.54) is 33.4 Å². The molecule has 0 radical (unpaired) electrons. The second-order valence-electron chi connectivity index (χ2n) is 18.8. The van der Waals surface area contributed by atoms with Crippen LogP contribution in [0.2, 0.25) is 0 Å². The summed E-state index contributed by atoms with van der Waals surface area (Å²) in [5.74, 6) is -0.448. The predicted molar refractivity (Wildman–Crippen MR) is 276 cm³/mol. The Labute approximate surface area is 478 Å². The lowest BCUT2D eigenvalue weighted by Gasteiger charge is -2.28. The molecule has 9 rings (SSSR count). The number of methoxy groups -OCH3 is 1. The summed E-state index contributed by atoms with van der Waals surface area (Å²) in [5, 5.41) is 46.3. The number of phosphoric ester groups is 5.